The topological polar surface area (TPSA) is 18.5 Å². The van der Waals surface area contributed by atoms with Gasteiger partial charge in [0.25, 0.3) is 0 Å². The van der Waals surface area contributed by atoms with Crippen molar-refractivity contribution in [2.45, 2.75) is 32.6 Å². The molecule has 0 fully saturated rings. The lowest BCUT2D eigenvalue weighted by Crippen LogP contribution is -1.96. The number of hydrogen-bond donors (Lipinski definition) is 0. The molecule has 0 amide bonds. The molecule has 3 aromatic rings. The molecule has 0 heterocycles. The minimum absolute atomic E-state index is 0.785. The molecule has 0 spiro atoms. The predicted molar refractivity (Wildman–Crippen MR) is 113 cm³/mol. The largest absolute Gasteiger partial charge is 0.497 e. The van der Waals surface area contributed by atoms with E-state index in [0.29, 0.717) is 0 Å². The lowest BCUT2D eigenvalue weighted by molar-refractivity contribution is 0.305. The Morgan fingerprint density at radius 2 is 1.37 bits per heavy atom. The van der Waals surface area contributed by atoms with Gasteiger partial charge in [0.1, 0.15) is 11.5 Å². The summed E-state index contributed by atoms with van der Waals surface area (Å²) in [5, 5.41) is 2.31. The molecule has 0 atom stereocenters. The first kappa shape index (κ1) is 18.9. The molecule has 2 nitrogen and oxygen atoms in total. The van der Waals surface area contributed by atoms with Crippen molar-refractivity contribution in [1.82, 2.24) is 0 Å². The number of ether oxygens (including phenoxy) is 2. The second-order valence-corrected chi connectivity index (χ2v) is 6.61. The molecule has 0 saturated heterocycles. The number of benzene rings is 3. The summed E-state index contributed by atoms with van der Waals surface area (Å²) < 4.78 is 11.0. The Hall–Kier alpha value is -2.92. The molecule has 3 rings (SSSR count). The Morgan fingerprint density at radius 3 is 2.15 bits per heavy atom. The third-order valence-corrected chi connectivity index (χ3v) is 4.52. The second kappa shape index (κ2) is 9.69. The monoisotopic (exact) mass is 358 g/mol. The number of fused-ring (bicyclic) bond motifs is 1. The number of hydrogen-bond acceptors (Lipinski definition) is 2. The van der Waals surface area contributed by atoms with E-state index in [1.165, 1.54) is 19.3 Å². The molecule has 0 aromatic heterocycles. The maximum absolute atomic E-state index is 5.78. The van der Waals surface area contributed by atoms with E-state index in [9.17, 15) is 0 Å². The quantitative estimate of drug-likeness (QED) is 0.369. The highest BCUT2D eigenvalue weighted by atomic mass is 16.5. The van der Waals surface area contributed by atoms with Gasteiger partial charge < -0.3 is 9.47 Å². The maximum atomic E-state index is 5.78. The fourth-order valence-electron chi connectivity index (χ4n) is 2.93. The molecule has 138 valence electrons. The van der Waals surface area contributed by atoms with Gasteiger partial charge in [-0.25, -0.2) is 0 Å². The summed E-state index contributed by atoms with van der Waals surface area (Å²) in [5.41, 5.74) is 1.99. The molecule has 0 aliphatic heterocycles. The molecule has 0 radical (unpaired) electrons. The molecule has 2 heteroatoms. The number of rotatable bonds is 7. The van der Waals surface area contributed by atoms with Crippen molar-refractivity contribution in [2.24, 2.45) is 0 Å². The minimum Gasteiger partial charge on any atom is -0.497 e. The Kier molecular flexibility index (Phi) is 6.77. The molecular weight excluding hydrogens is 332 g/mol. The molecule has 0 N–H and O–H groups in total. The molecule has 27 heavy (non-hydrogen) atoms. The molecular formula is C25H26O2. The fraction of sp³-hybridized carbons (Fsp3) is 0.280. The second-order valence-electron chi connectivity index (χ2n) is 6.61. The normalized spacial score (nSPS) is 10.3. The van der Waals surface area contributed by atoms with Crippen LogP contribution in [0.25, 0.3) is 10.8 Å². The van der Waals surface area contributed by atoms with Crippen LogP contribution in [0.4, 0.5) is 0 Å². The number of methoxy groups -OCH3 is 1. The van der Waals surface area contributed by atoms with Gasteiger partial charge in [0.15, 0.2) is 0 Å². The van der Waals surface area contributed by atoms with Gasteiger partial charge in [-0.05, 0) is 65.7 Å². The summed E-state index contributed by atoms with van der Waals surface area (Å²) in [6.45, 7) is 3.00. The Labute approximate surface area is 162 Å². The Morgan fingerprint density at radius 1 is 0.704 bits per heavy atom. The smallest absolute Gasteiger partial charge is 0.119 e. The molecule has 0 saturated carbocycles. The van der Waals surface area contributed by atoms with Crippen molar-refractivity contribution in [1.29, 1.82) is 0 Å². The number of unbranched alkanes of at least 4 members (excludes halogenated alkanes) is 3. The van der Waals surface area contributed by atoms with Crippen LogP contribution in [-0.2, 0) is 0 Å². The zero-order valence-corrected chi connectivity index (χ0v) is 16.1. The van der Waals surface area contributed by atoms with Crippen LogP contribution < -0.4 is 9.47 Å². The van der Waals surface area contributed by atoms with E-state index in [4.69, 9.17) is 9.47 Å². The highest BCUT2D eigenvalue weighted by molar-refractivity contribution is 5.85. The van der Waals surface area contributed by atoms with Crippen LogP contribution in [0.1, 0.15) is 43.7 Å². The van der Waals surface area contributed by atoms with Gasteiger partial charge >= 0.3 is 0 Å². The highest BCUT2D eigenvalue weighted by Gasteiger charge is 1.98. The van der Waals surface area contributed by atoms with Crippen LogP contribution >= 0.6 is 0 Å². The van der Waals surface area contributed by atoms with Crippen LogP contribution in [0.2, 0.25) is 0 Å². The molecule has 0 unspecified atom stereocenters. The molecule has 0 aliphatic rings. The van der Waals surface area contributed by atoms with Gasteiger partial charge in [-0.1, -0.05) is 50.2 Å². The van der Waals surface area contributed by atoms with Crippen molar-refractivity contribution in [3.05, 3.63) is 71.8 Å². The van der Waals surface area contributed by atoms with E-state index in [-0.39, 0.29) is 0 Å². The summed E-state index contributed by atoms with van der Waals surface area (Å²) >= 11 is 0. The van der Waals surface area contributed by atoms with Crippen molar-refractivity contribution < 1.29 is 9.47 Å². The van der Waals surface area contributed by atoms with Gasteiger partial charge in [0.2, 0.25) is 0 Å². The van der Waals surface area contributed by atoms with Crippen molar-refractivity contribution >= 4 is 10.8 Å². The Bertz CT molecular complexity index is 930. The highest BCUT2D eigenvalue weighted by Crippen LogP contribution is 2.21. The van der Waals surface area contributed by atoms with E-state index in [1.807, 2.05) is 42.5 Å². The van der Waals surface area contributed by atoms with Crippen LogP contribution in [0, 0.1) is 11.8 Å². The van der Waals surface area contributed by atoms with Gasteiger partial charge in [0, 0.05) is 11.1 Å². The van der Waals surface area contributed by atoms with Crippen molar-refractivity contribution in [2.75, 3.05) is 13.7 Å². The molecule has 0 bridgehead atoms. The van der Waals surface area contributed by atoms with E-state index >= 15 is 0 Å². The average Bonchev–Trinajstić information content (AvgIpc) is 2.72. The lowest BCUT2D eigenvalue weighted by Gasteiger charge is -2.05. The van der Waals surface area contributed by atoms with Crippen molar-refractivity contribution in [3.8, 4) is 23.3 Å². The zero-order valence-electron chi connectivity index (χ0n) is 16.1. The van der Waals surface area contributed by atoms with Crippen LogP contribution in [0.15, 0.2) is 60.7 Å². The first-order valence-electron chi connectivity index (χ1n) is 9.61. The average molecular weight is 358 g/mol. The minimum atomic E-state index is 0.785. The van der Waals surface area contributed by atoms with Gasteiger partial charge in [0.05, 0.1) is 13.7 Å². The van der Waals surface area contributed by atoms with E-state index in [0.717, 1.165) is 46.4 Å². The van der Waals surface area contributed by atoms with Gasteiger partial charge in [-0.3, -0.25) is 0 Å². The van der Waals surface area contributed by atoms with E-state index < -0.39 is 0 Å². The third-order valence-electron chi connectivity index (χ3n) is 4.52. The third kappa shape index (κ3) is 5.53. The fourth-order valence-corrected chi connectivity index (χ4v) is 2.93. The predicted octanol–water partition coefficient (Wildman–Crippen LogP) is 6.21. The standard InChI is InChI=1S/C25H26O2/c1-3-4-5-6-17-27-24-14-10-20(11-15-24)7-8-21-9-12-23-19-25(26-2)16-13-22(23)18-21/h9-16,18-19H,3-6,17H2,1-2H3. The summed E-state index contributed by atoms with van der Waals surface area (Å²) in [7, 11) is 1.68. The SMILES string of the molecule is CCCCCCOc1ccc(C#Cc2ccc3cc(OC)ccc3c2)cc1. The molecule has 3 aromatic carbocycles. The zero-order chi connectivity index (χ0) is 18.9. The van der Waals surface area contributed by atoms with Gasteiger partial charge in [-0.15, -0.1) is 0 Å². The van der Waals surface area contributed by atoms with Crippen LogP contribution in [0.5, 0.6) is 11.5 Å². The van der Waals surface area contributed by atoms with Crippen molar-refractivity contribution in [3.63, 3.8) is 0 Å². The summed E-state index contributed by atoms with van der Waals surface area (Å²) in [5.74, 6) is 8.26. The summed E-state index contributed by atoms with van der Waals surface area (Å²) in [6.07, 6.45) is 4.88. The van der Waals surface area contributed by atoms with Crippen LogP contribution in [0.3, 0.4) is 0 Å². The van der Waals surface area contributed by atoms with Gasteiger partial charge in [-0.2, -0.15) is 0 Å². The van der Waals surface area contributed by atoms with Crippen LogP contribution in [-0.4, -0.2) is 13.7 Å². The first-order chi connectivity index (χ1) is 13.3. The Balaban J connectivity index is 1.62. The summed E-state index contributed by atoms with van der Waals surface area (Å²) in [6, 6.07) is 20.3. The summed E-state index contributed by atoms with van der Waals surface area (Å²) in [4.78, 5) is 0. The van der Waals surface area contributed by atoms with E-state index in [2.05, 4.69) is 37.0 Å². The van der Waals surface area contributed by atoms with E-state index in [1.54, 1.807) is 7.11 Å². The maximum Gasteiger partial charge on any atom is 0.119 e. The molecule has 0 aliphatic carbocycles. The lowest BCUT2D eigenvalue weighted by atomic mass is 10.1. The first-order valence-corrected chi connectivity index (χ1v) is 9.61.